The first-order valence-electron chi connectivity index (χ1n) is 5.21. The zero-order valence-electron chi connectivity index (χ0n) is 9.36. The van der Waals surface area contributed by atoms with Crippen molar-refractivity contribution in [1.29, 1.82) is 0 Å². The highest BCUT2D eigenvalue weighted by molar-refractivity contribution is 7.11. The highest BCUT2D eigenvalue weighted by atomic mass is 32.1. The second kappa shape index (κ2) is 5.18. The molecule has 0 bridgehead atoms. The van der Waals surface area contributed by atoms with Crippen LogP contribution in [0.4, 0.5) is 0 Å². The first-order chi connectivity index (χ1) is 7.78. The van der Waals surface area contributed by atoms with Crippen molar-refractivity contribution in [2.75, 3.05) is 0 Å². The van der Waals surface area contributed by atoms with E-state index in [-0.39, 0.29) is 0 Å². The summed E-state index contributed by atoms with van der Waals surface area (Å²) in [6.07, 6.45) is 2.91. The molecule has 5 nitrogen and oxygen atoms in total. The van der Waals surface area contributed by atoms with Crippen molar-refractivity contribution >= 4 is 11.3 Å². The molecule has 0 atom stereocenters. The van der Waals surface area contributed by atoms with E-state index in [2.05, 4.69) is 27.4 Å². The Morgan fingerprint density at radius 3 is 2.94 bits per heavy atom. The molecular formula is C10H14N4OS. The number of thiazole rings is 1. The van der Waals surface area contributed by atoms with Crippen LogP contribution in [0.3, 0.4) is 0 Å². The van der Waals surface area contributed by atoms with Crippen molar-refractivity contribution in [1.82, 2.24) is 20.4 Å². The predicted molar refractivity (Wildman–Crippen MR) is 61.1 cm³/mol. The zero-order valence-corrected chi connectivity index (χ0v) is 10.2. The van der Waals surface area contributed by atoms with E-state index < -0.39 is 0 Å². The lowest BCUT2D eigenvalue weighted by Gasteiger charge is -1.97. The predicted octanol–water partition coefficient (Wildman–Crippen LogP) is 1.69. The standard InChI is InChI=1S/C10H14N4OS/c1-3-10-12-5-8(16-10)4-11-6-9-13-7(2)14-15-9/h5,11H,3-4,6H2,1-2H3. The fourth-order valence-electron chi connectivity index (χ4n) is 1.30. The van der Waals surface area contributed by atoms with Crippen LogP contribution in [-0.4, -0.2) is 15.1 Å². The summed E-state index contributed by atoms with van der Waals surface area (Å²) in [5.41, 5.74) is 0. The van der Waals surface area contributed by atoms with Crippen LogP contribution in [0.25, 0.3) is 0 Å². The van der Waals surface area contributed by atoms with Crippen LogP contribution in [0.1, 0.15) is 28.5 Å². The maximum atomic E-state index is 4.99. The molecule has 0 aliphatic carbocycles. The summed E-state index contributed by atoms with van der Waals surface area (Å²) >= 11 is 1.73. The van der Waals surface area contributed by atoms with Gasteiger partial charge >= 0.3 is 0 Å². The molecule has 16 heavy (non-hydrogen) atoms. The van der Waals surface area contributed by atoms with Gasteiger partial charge in [0.1, 0.15) is 0 Å². The van der Waals surface area contributed by atoms with E-state index in [1.807, 2.05) is 13.1 Å². The molecule has 2 aromatic rings. The van der Waals surface area contributed by atoms with E-state index in [1.165, 1.54) is 9.88 Å². The minimum atomic E-state index is 0.597. The lowest BCUT2D eigenvalue weighted by atomic mass is 10.5. The average Bonchev–Trinajstić information content (AvgIpc) is 2.88. The number of aromatic nitrogens is 3. The molecule has 0 unspecified atom stereocenters. The van der Waals surface area contributed by atoms with Gasteiger partial charge in [0.2, 0.25) is 5.89 Å². The summed E-state index contributed by atoms with van der Waals surface area (Å²) in [6, 6.07) is 0. The van der Waals surface area contributed by atoms with Gasteiger partial charge in [0.25, 0.3) is 0 Å². The summed E-state index contributed by atoms with van der Waals surface area (Å²) in [6.45, 7) is 5.31. The highest BCUT2D eigenvalue weighted by Gasteiger charge is 2.03. The summed E-state index contributed by atoms with van der Waals surface area (Å²) in [5.74, 6) is 1.29. The van der Waals surface area contributed by atoms with Gasteiger partial charge in [-0.15, -0.1) is 11.3 Å². The summed E-state index contributed by atoms with van der Waals surface area (Å²) in [4.78, 5) is 9.63. The van der Waals surface area contributed by atoms with Gasteiger partial charge in [-0.2, -0.15) is 4.98 Å². The van der Waals surface area contributed by atoms with Crippen LogP contribution in [0, 0.1) is 6.92 Å². The molecule has 0 amide bonds. The molecule has 6 heteroatoms. The molecular weight excluding hydrogens is 224 g/mol. The Bertz CT molecular complexity index is 451. The average molecular weight is 238 g/mol. The van der Waals surface area contributed by atoms with E-state index in [0.29, 0.717) is 18.3 Å². The molecule has 1 N–H and O–H groups in total. The second-order valence-corrected chi connectivity index (χ2v) is 4.61. The zero-order chi connectivity index (χ0) is 11.4. The van der Waals surface area contributed by atoms with Crippen molar-refractivity contribution < 1.29 is 4.52 Å². The fraction of sp³-hybridized carbons (Fsp3) is 0.500. The van der Waals surface area contributed by atoms with E-state index in [9.17, 15) is 0 Å². The first-order valence-corrected chi connectivity index (χ1v) is 6.03. The topological polar surface area (TPSA) is 63.8 Å². The number of nitrogens with one attached hydrogen (secondary N) is 1. The number of hydrogen-bond acceptors (Lipinski definition) is 6. The second-order valence-electron chi connectivity index (χ2n) is 3.41. The molecule has 2 heterocycles. The van der Waals surface area contributed by atoms with Crippen molar-refractivity contribution in [3.8, 4) is 0 Å². The van der Waals surface area contributed by atoms with Gasteiger partial charge in [0.15, 0.2) is 5.82 Å². The van der Waals surface area contributed by atoms with Crippen LogP contribution >= 0.6 is 11.3 Å². The molecule has 86 valence electrons. The van der Waals surface area contributed by atoms with Crippen molar-refractivity contribution in [3.05, 3.63) is 27.8 Å². The van der Waals surface area contributed by atoms with Gasteiger partial charge in [0.05, 0.1) is 11.6 Å². The SMILES string of the molecule is CCc1ncc(CNCc2nc(C)no2)s1. The molecule has 0 saturated heterocycles. The molecule has 0 aliphatic rings. The van der Waals surface area contributed by atoms with E-state index in [0.717, 1.165) is 13.0 Å². The van der Waals surface area contributed by atoms with Gasteiger partial charge in [-0.1, -0.05) is 12.1 Å². The van der Waals surface area contributed by atoms with Gasteiger partial charge in [-0.05, 0) is 13.3 Å². The minimum Gasteiger partial charge on any atom is -0.338 e. The number of hydrogen-bond donors (Lipinski definition) is 1. The quantitative estimate of drug-likeness (QED) is 0.858. The smallest absolute Gasteiger partial charge is 0.240 e. The molecule has 0 radical (unpaired) electrons. The first kappa shape index (κ1) is 11.2. The van der Waals surface area contributed by atoms with Gasteiger partial charge < -0.3 is 9.84 Å². The van der Waals surface area contributed by atoms with Crippen molar-refractivity contribution in [2.45, 2.75) is 33.4 Å². The maximum absolute atomic E-state index is 4.99. The van der Waals surface area contributed by atoms with E-state index in [4.69, 9.17) is 4.52 Å². The van der Waals surface area contributed by atoms with Crippen LogP contribution in [-0.2, 0) is 19.5 Å². The van der Waals surface area contributed by atoms with Crippen LogP contribution in [0.5, 0.6) is 0 Å². The van der Waals surface area contributed by atoms with Crippen LogP contribution in [0.15, 0.2) is 10.7 Å². The molecule has 0 fully saturated rings. The molecule has 2 aromatic heterocycles. The normalized spacial score (nSPS) is 10.9. The third-order valence-corrected chi connectivity index (χ3v) is 3.19. The van der Waals surface area contributed by atoms with E-state index >= 15 is 0 Å². The summed E-state index contributed by atoms with van der Waals surface area (Å²) < 4.78 is 4.99. The monoisotopic (exact) mass is 238 g/mol. The Balaban J connectivity index is 1.79. The molecule has 0 saturated carbocycles. The lowest BCUT2D eigenvalue weighted by Crippen LogP contribution is -2.11. The Morgan fingerprint density at radius 1 is 1.44 bits per heavy atom. The minimum absolute atomic E-state index is 0.597. The fourth-order valence-corrected chi connectivity index (χ4v) is 2.13. The van der Waals surface area contributed by atoms with Crippen LogP contribution in [0.2, 0.25) is 0 Å². The Labute approximate surface area is 97.9 Å². The van der Waals surface area contributed by atoms with Crippen molar-refractivity contribution in [3.63, 3.8) is 0 Å². The maximum Gasteiger partial charge on any atom is 0.240 e. The van der Waals surface area contributed by atoms with Gasteiger partial charge in [-0.25, -0.2) is 4.98 Å². The molecule has 0 aromatic carbocycles. The Morgan fingerprint density at radius 2 is 2.31 bits per heavy atom. The van der Waals surface area contributed by atoms with Gasteiger partial charge in [-0.3, -0.25) is 0 Å². The summed E-state index contributed by atoms with van der Waals surface area (Å²) in [5, 5.41) is 8.14. The third-order valence-electron chi connectivity index (χ3n) is 2.05. The Hall–Kier alpha value is -1.27. The largest absolute Gasteiger partial charge is 0.338 e. The molecule has 0 aliphatic heterocycles. The molecule has 0 spiro atoms. The highest BCUT2D eigenvalue weighted by Crippen LogP contribution is 2.12. The third kappa shape index (κ3) is 2.86. The van der Waals surface area contributed by atoms with Crippen molar-refractivity contribution in [2.24, 2.45) is 0 Å². The molecule has 2 rings (SSSR count). The Kier molecular flexibility index (Phi) is 3.63. The van der Waals surface area contributed by atoms with E-state index in [1.54, 1.807) is 11.3 Å². The number of aryl methyl sites for hydroxylation is 2. The number of rotatable bonds is 5. The lowest BCUT2D eigenvalue weighted by molar-refractivity contribution is 0.364. The van der Waals surface area contributed by atoms with Crippen LogP contribution < -0.4 is 5.32 Å². The number of nitrogens with zero attached hydrogens (tertiary/aromatic N) is 3. The van der Waals surface area contributed by atoms with Gasteiger partial charge in [0, 0.05) is 17.6 Å². The summed E-state index contributed by atoms with van der Waals surface area (Å²) in [7, 11) is 0.